The van der Waals surface area contributed by atoms with Gasteiger partial charge in [0.05, 0.1) is 6.54 Å². The molecular weight excluding hydrogens is 253 g/mol. The van der Waals surface area contributed by atoms with Crippen LogP contribution in [0.5, 0.6) is 0 Å². The molecule has 0 saturated heterocycles. The summed E-state index contributed by atoms with van der Waals surface area (Å²) in [6, 6.07) is 5.93. The number of halogens is 3. The van der Waals surface area contributed by atoms with E-state index in [1.807, 2.05) is 32.0 Å². The van der Waals surface area contributed by atoms with Crippen LogP contribution in [0.25, 0.3) is 0 Å². The van der Waals surface area contributed by atoms with E-state index >= 15 is 0 Å². The molecule has 0 saturated carbocycles. The molecule has 0 aromatic heterocycles. The zero-order valence-electron chi connectivity index (χ0n) is 11.8. The molecule has 0 radical (unpaired) electrons. The molecule has 1 N–H and O–H groups in total. The Balaban J connectivity index is 2.80. The average Bonchev–Trinajstić information content (AvgIpc) is 2.27. The molecule has 0 bridgehead atoms. The zero-order valence-corrected chi connectivity index (χ0v) is 11.8. The van der Waals surface area contributed by atoms with Gasteiger partial charge in [-0.3, -0.25) is 4.90 Å². The van der Waals surface area contributed by atoms with Crippen LogP contribution in [0.3, 0.4) is 0 Å². The minimum atomic E-state index is -4.16. The summed E-state index contributed by atoms with van der Waals surface area (Å²) in [5, 5.41) is 3.09. The molecule has 0 aliphatic rings. The van der Waals surface area contributed by atoms with Gasteiger partial charge in [-0.1, -0.05) is 23.8 Å². The van der Waals surface area contributed by atoms with Gasteiger partial charge in [0.15, 0.2) is 0 Å². The lowest BCUT2D eigenvalue weighted by Gasteiger charge is -2.26. The summed E-state index contributed by atoms with van der Waals surface area (Å²) in [6.07, 6.45) is -4.16. The van der Waals surface area contributed by atoms with Crippen LogP contribution >= 0.6 is 0 Å². The first-order valence-corrected chi connectivity index (χ1v) is 6.22. The first-order chi connectivity index (χ1) is 8.73. The quantitative estimate of drug-likeness (QED) is 0.887. The summed E-state index contributed by atoms with van der Waals surface area (Å²) in [7, 11) is 3.26. The highest BCUT2D eigenvalue weighted by Gasteiger charge is 2.30. The topological polar surface area (TPSA) is 15.3 Å². The molecule has 19 heavy (non-hydrogen) atoms. The summed E-state index contributed by atoms with van der Waals surface area (Å²) in [5.74, 6) is 0. The fourth-order valence-corrected chi connectivity index (χ4v) is 2.16. The zero-order chi connectivity index (χ0) is 14.6. The van der Waals surface area contributed by atoms with E-state index in [0.29, 0.717) is 6.54 Å². The first-order valence-electron chi connectivity index (χ1n) is 6.22. The number of aryl methyl sites for hydroxylation is 2. The largest absolute Gasteiger partial charge is 0.401 e. The summed E-state index contributed by atoms with van der Waals surface area (Å²) < 4.78 is 37.0. The number of hydrogen-bond donors (Lipinski definition) is 1. The summed E-state index contributed by atoms with van der Waals surface area (Å²) in [4.78, 5) is 1.29. The lowest BCUT2D eigenvalue weighted by Crippen LogP contribution is -2.37. The van der Waals surface area contributed by atoms with E-state index in [0.717, 1.165) is 16.7 Å². The molecule has 1 rings (SSSR count). The Labute approximate surface area is 112 Å². The molecule has 1 atom stereocenters. The maximum atomic E-state index is 12.3. The van der Waals surface area contributed by atoms with Gasteiger partial charge in [0.2, 0.25) is 0 Å². The predicted molar refractivity (Wildman–Crippen MR) is 71.3 cm³/mol. The van der Waals surface area contributed by atoms with E-state index in [1.54, 1.807) is 7.05 Å². The van der Waals surface area contributed by atoms with Crippen LogP contribution in [0.1, 0.15) is 22.7 Å². The number of likely N-dealkylation sites (N-methyl/N-ethyl adjacent to an activating group) is 2. The van der Waals surface area contributed by atoms with Crippen molar-refractivity contribution in [2.45, 2.75) is 26.1 Å². The molecular formula is C14H21F3N2. The highest BCUT2D eigenvalue weighted by atomic mass is 19.4. The van der Waals surface area contributed by atoms with E-state index in [4.69, 9.17) is 0 Å². The van der Waals surface area contributed by atoms with Crippen molar-refractivity contribution in [3.8, 4) is 0 Å². The van der Waals surface area contributed by atoms with Crippen molar-refractivity contribution in [1.82, 2.24) is 10.2 Å². The fourth-order valence-electron chi connectivity index (χ4n) is 2.16. The van der Waals surface area contributed by atoms with Gasteiger partial charge in [-0.2, -0.15) is 13.2 Å². The van der Waals surface area contributed by atoms with Gasteiger partial charge in [-0.15, -0.1) is 0 Å². The van der Waals surface area contributed by atoms with Crippen molar-refractivity contribution in [3.63, 3.8) is 0 Å². The molecule has 0 spiro atoms. The van der Waals surface area contributed by atoms with Gasteiger partial charge in [-0.05, 0) is 39.1 Å². The van der Waals surface area contributed by atoms with Crippen LogP contribution in [-0.2, 0) is 0 Å². The molecule has 108 valence electrons. The van der Waals surface area contributed by atoms with Crippen molar-refractivity contribution in [2.75, 3.05) is 27.2 Å². The number of rotatable bonds is 5. The van der Waals surface area contributed by atoms with Crippen molar-refractivity contribution < 1.29 is 13.2 Å². The Morgan fingerprint density at radius 3 is 2.42 bits per heavy atom. The number of nitrogens with zero attached hydrogens (tertiary/aromatic N) is 1. The van der Waals surface area contributed by atoms with E-state index in [9.17, 15) is 13.2 Å². The maximum Gasteiger partial charge on any atom is 0.401 e. The Kier molecular flexibility index (Phi) is 5.38. The Morgan fingerprint density at radius 2 is 1.89 bits per heavy atom. The Morgan fingerprint density at radius 1 is 1.26 bits per heavy atom. The van der Waals surface area contributed by atoms with Gasteiger partial charge < -0.3 is 5.32 Å². The van der Waals surface area contributed by atoms with E-state index < -0.39 is 12.7 Å². The second kappa shape index (κ2) is 6.39. The number of hydrogen-bond acceptors (Lipinski definition) is 2. The van der Waals surface area contributed by atoms with Crippen LogP contribution in [0.2, 0.25) is 0 Å². The van der Waals surface area contributed by atoms with E-state index in [1.165, 1.54) is 11.9 Å². The highest BCUT2D eigenvalue weighted by molar-refractivity contribution is 5.33. The van der Waals surface area contributed by atoms with Gasteiger partial charge in [-0.25, -0.2) is 0 Å². The number of benzene rings is 1. The lowest BCUT2D eigenvalue weighted by molar-refractivity contribution is -0.143. The van der Waals surface area contributed by atoms with Gasteiger partial charge >= 0.3 is 6.18 Å². The summed E-state index contributed by atoms with van der Waals surface area (Å²) in [6.45, 7) is 3.38. The van der Waals surface area contributed by atoms with Gasteiger partial charge in [0.25, 0.3) is 0 Å². The van der Waals surface area contributed by atoms with Crippen molar-refractivity contribution >= 4 is 0 Å². The van der Waals surface area contributed by atoms with Crippen LogP contribution in [0.15, 0.2) is 18.2 Å². The van der Waals surface area contributed by atoms with E-state index in [-0.39, 0.29) is 6.04 Å². The predicted octanol–water partition coefficient (Wildman–Crippen LogP) is 3.06. The van der Waals surface area contributed by atoms with Crippen LogP contribution in [0.4, 0.5) is 13.2 Å². The van der Waals surface area contributed by atoms with Crippen molar-refractivity contribution in [1.29, 1.82) is 0 Å². The molecule has 0 fully saturated rings. The molecule has 1 aromatic rings. The number of nitrogens with one attached hydrogen (secondary N) is 1. The molecule has 1 unspecified atom stereocenters. The molecule has 0 aliphatic heterocycles. The minimum Gasteiger partial charge on any atom is -0.312 e. The Hall–Kier alpha value is -1.07. The standard InChI is InChI=1S/C14H21F3N2/c1-10-5-6-11(2)12(7-10)13(18-3)8-19(4)9-14(15,16)17/h5-7,13,18H,8-9H2,1-4H3. The summed E-state index contributed by atoms with van der Waals surface area (Å²) in [5.41, 5.74) is 3.25. The third-order valence-corrected chi connectivity index (χ3v) is 3.10. The third-order valence-electron chi connectivity index (χ3n) is 3.10. The van der Waals surface area contributed by atoms with Crippen molar-refractivity contribution in [2.24, 2.45) is 0 Å². The van der Waals surface area contributed by atoms with E-state index in [2.05, 4.69) is 5.32 Å². The molecule has 1 aromatic carbocycles. The smallest absolute Gasteiger partial charge is 0.312 e. The van der Waals surface area contributed by atoms with Gasteiger partial charge in [0.1, 0.15) is 0 Å². The second-order valence-electron chi connectivity index (χ2n) is 5.01. The van der Waals surface area contributed by atoms with Crippen LogP contribution in [-0.4, -0.2) is 38.3 Å². The monoisotopic (exact) mass is 274 g/mol. The first kappa shape index (κ1) is 16.0. The van der Waals surface area contributed by atoms with Crippen LogP contribution in [0, 0.1) is 13.8 Å². The molecule has 0 amide bonds. The molecule has 0 heterocycles. The minimum absolute atomic E-state index is 0.104. The molecule has 0 aliphatic carbocycles. The number of alkyl halides is 3. The summed E-state index contributed by atoms with van der Waals surface area (Å²) >= 11 is 0. The van der Waals surface area contributed by atoms with Crippen LogP contribution < -0.4 is 5.32 Å². The SMILES string of the molecule is CNC(CN(C)CC(F)(F)F)c1cc(C)ccc1C. The van der Waals surface area contributed by atoms with Gasteiger partial charge in [0, 0.05) is 12.6 Å². The lowest BCUT2D eigenvalue weighted by atomic mass is 9.98. The maximum absolute atomic E-state index is 12.3. The average molecular weight is 274 g/mol. The normalized spacial score (nSPS) is 13.9. The highest BCUT2D eigenvalue weighted by Crippen LogP contribution is 2.22. The Bertz CT molecular complexity index is 416. The molecule has 5 heteroatoms. The fraction of sp³-hybridized carbons (Fsp3) is 0.571. The van der Waals surface area contributed by atoms with Crippen molar-refractivity contribution in [3.05, 3.63) is 34.9 Å². The molecule has 2 nitrogen and oxygen atoms in total. The second-order valence-corrected chi connectivity index (χ2v) is 5.01. The third kappa shape index (κ3) is 5.20.